The summed E-state index contributed by atoms with van der Waals surface area (Å²) >= 11 is 2.09. The zero-order valence-electron chi connectivity index (χ0n) is 11.1. The van der Waals surface area contributed by atoms with E-state index < -0.39 is 0 Å². The summed E-state index contributed by atoms with van der Waals surface area (Å²) in [7, 11) is 0. The lowest BCUT2D eigenvalue weighted by Gasteiger charge is -2.20. The van der Waals surface area contributed by atoms with Crippen LogP contribution >= 0.6 is 11.8 Å². The van der Waals surface area contributed by atoms with Gasteiger partial charge >= 0.3 is 0 Å². The van der Waals surface area contributed by atoms with Crippen LogP contribution in [0.5, 0.6) is 0 Å². The molecule has 2 rings (SSSR count). The van der Waals surface area contributed by atoms with Crippen molar-refractivity contribution in [2.75, 3.05) is 31.1 Å². The zero-order valence-corrected chi connectivity index (χ0v) is 11.9. The number of rotatable bonds is 5. The monoisotopic (exact) mass is 264 g/mol. The topological polar surface area (TPSA) is 29.3 Å². The Morgan fingerprint density at radius 2 is 2.00 bits per heavy atom. The van der Waals surface area contributed by atoms with Crippen molar-refractivity contribution in [1.29, 1.82) is 0 Å². The molecule has 1 heterocycles. The molecule has 100 valence electrons. The molecule has 1 aliphatic heterocycles. The van der Waals surface area contributed by atoms with Gasteiger partial charge in [-0.3, -0.25) is 0 Å². The van der Waals surface area contributed by atoms with Crippen molar-refractivity contribution in [1.82, 2.24) is 4.90 Å². The molecule has 1 aromatic rings. The number of hydrogen-bond donors (Lipinski definition) is 1. The average molecular weight is 264 g/mol. The van der Waals surface area contributed by atoms with Crippen molar-refractivity contribution < 1.29 is 0 Å². The molecule has 0 radical (unpaired) electrons. The molecular weight excluding hydrogens is 240 g/mol. The molecule has 2 nitrogen and oxygen atoms in total. The largest absolute Gasteiger partial charge is 0.324 e. The van der Waals surface area contributed by atoms with Crippen LogP contribution in [0.15, 0.2) is 30.3 Å². The zero-order chi connectivity index (χ0) is 12.6. The van der Waals surface area contributed by atoms with Crippen molar-refractivity contribution in [3.8, 4) is 0 Å². The minimum absolute atomic E-state index is 0.201. The minimum atomic E-state index is 0.201. The van der Waals surface area contributed by atoms with Gasteiger partial charge in [0.1, 0.15) is 0 Å². The summed E-state index contributed by atoms with van der Waals surface area (Å²) in [5, 5.41) is 0. The molecule has 0 aromatic heterocycles. The van der Waals surface area contributed by atoms with E-state index in [4.69, 9.17) is 5.73 Å². The van der Waals surface area contributed by atoms with Crippen molar-refractivity contribution in [3.63, 3.8) is 0 Å². The molecule has 2 N–H and O–H groups in total. The quantitative estimate of drug-likeness (QED) is 0.886. The van der Waals surface area contributed by atoms with Crippen molar-refractivity contribution >= 4 is 11.8 Å². The third kappa shape index (κ3) is 4.63. The molecule has 0 aliphatic carbocycles. The minimum Gasteiger partial charge on any atom is -0.324 e. The van der Waals surface area contributed by atoms with Crippen LogP contribution in [0.4, 0.5) is 0 Å². The molecule has 3 heteroatoms. The highest BCUT2D eigenvalue weighted by molar-refractivity contribution is 7.99. The molecule has 0 spiro atoms. The molecule has 0 saturated carbocycles. The van der Waals surface area contributed by atoms with Gasteiger partial charge in [-0.15, -0.1) is 0 Å². The van der Waals surface area contributed by atoms with E-state index in [0.717, 1.165) is 6.42 Å². The lowest BCUT2D eigenvalue weighted by molar-refractivity contribution is 0.286. The molecular formula is C15H24N2S. The first-order valence-corrected chi connectivity index (χ1v) is 8.12. The Morgan fingerprint density at radius 3 is 2.83 bits per heavy atom. The Labute approximate surface area is 115 Å². The lowest BCUT2D eigenvalue weighted by Crippen LogP contribution is -2.27. The van der Waals surface area contributed by atoms with Crippen LogP contribution in [-0.2, 0) is 0 Å². The molecule has 1 saturated heterocycles. The van der Waals surface area contributed by atoms with Crippen LogP contribution in [0.3, 0.4) is 0 Å². The third-order valence-electron chi connectivity index (χ3n) is 3.53. The van der Waals surface area contributed by atoms with Gasteiger partial charge in [-0.05, 0) is 43.7 Å². The average Bonchev–Trinajstić information content (AvgIpc) is 2.68. The van der Waals surface area contributed by atoms with Gasteiger partial charge in [0.2, 0.25) is 0 Å². The summed E-state index contributed by atoms with van der Waals surface area (Å²) in [6.07, 6.45) is 3.64. The molecule has 1 fully saturated rings. The molecule has 1 aliphatic rings. The maximum absolute atomic E-state index is 6.22. The van der Waals surface area contributed by atoms with Crippen molar-refractivity contribution in [2.45, 2.75) is 25.3 Å². The van der Waals surface area contributed by atoms with E-state index in [1.165, 1.54) is 49.5 Å². The normalized spacial score (nSPS) is 19.4. The van der Waals surface area contributed by atoms with E-state index in [1.54, 1.807) is 0 Å². The Kier molecular flexibility index (Phi) is 6.05. The Bertz CT molecular complexity index is 321. The summed E-state index contributed by atoms with van der Waals surface area (Å²) < 4.78 is 0. The molecule has 1 atom stereocenters. The number of thioether (sulfide) groups is 1. The summed E-state index contributed by atoms with van der Waals surface area (Å²) in [4.78, 5) is 2.59. The second-order valence-corrected chi connectivity index (χ2v) is 6.19. The van der Waals surface area contributed by atoms with Gasteiger partial charge in [0, 0.05) is 18.3 Å². The number of hydrogen-bond acceptors (Lipinski definition) is 3. The van der Waals surface area contributed by atoms with Gasteiger partial charge in [0.25, 0.3) is 0 Å². The van der Waals surface area contributed by atoms with E-state index in [-0.39, 0.29) is 6.04 Å². The predicted molar refractivity (Wildman–Crippen MR) is 81.0 cm³/mol. The standard InChI is InChI=1S/C15H24N2S/c16-15(14-6-2-1-3-7-14)8-4-9-17-10-5-12-18-13-11-17/h1-3,6-7,15H,4-5,8-13,16H2. The molecule has 1 unspecified atom stereocenters. The van der Waals surface area contributed by atoms with Gasteiger partial charge < -0.3 is 10.6 Å². The fraction of sp³-hybridized carbons (Fsp3) is 0.600. The highest BCUT2D eigenvalue weighted by atomic mass is 32.2. The first-order valence-electron chi connectivity index (χ1n) is 6.97. The highest BCUT2D eigenvalue weighted by Gasteiger charge is 2.10. The third-order valence-corrected chi connectivity index (χ3v) is 4.58. The van der Waals surface area contributed by atoms with Gasteiger partial charge in [-0.2, -0.15) is 11.8 Å². The first kappa shape index (κ1) is 13.9. The summed E-state index contributed by atoms with van der Waals surface area (Å²) in [6.45, 7) is 3.74. The molecule has 0 amide bonds. The van der Waals surface area contributed by atoms with Crippen LogP contribution in [0, 0.1) is 0 Å². The van der Waals surface area contributed by atoms with Gasteiger partial charge in [-0.1, -0.05) is 30.3 Å². The molecule has 0 bridgehead atoms. The first-order chi connectivity index (χ1) is 8.86. The van der Waals surface area contributed by atoms with E-state index in [2.05, 4.69) is 40.9 Å². The number of benzene rings is 1. The lowest BCUT2D eigenvalue weighted by atomic mass is 10.0. The van der Waals surface area contributed by atoms with E-state index in [0.29, 0.717) is 0 Å². The fourth-order valence-corrected chi connectivity index (χ4v) is 3.35. The van der Waals surface area contributed by atoms with Gasteiger partial charge in [0.05, 0.1) is 0 Å². The number of nitrogens with zero attached hydrogens (tertiary/aromatic N) is 1. The Hall–Kier alpha value is -0.510. The molecule has 18 heavy (non-hydrogen) atoms. The van der Waals surface area contributed by atoms with Crippen molar-refractivity contribution in [3.05, 3.63) is 35.9 Å². The summed E-state index contributed by atoms with van der Waals surface area (Å²) in [5.74, 6) is 2.63. The van der Waals surface area contributed by atoms with Gasteiger partial charge in [0.15, 0.2) is 0 Å². The SMILES string of the molecule is NC(CCCN1CCCSCC1)c1ccccc1. The summed E-state index contributed by atoms with van der Waals surface area (Å²) in [5.41, 5.74) is 7.49. The molecule has 1 aromatic carbocycles. The Balaban J connectivity index is 1.68. The maximum atomic E-state index is 6.22. The van der Waals surface area contributed by atoms with E-state index in [9.17, 15) is 0 Å². The van der Waals surface area contributed by atoms with E-state index in [1.807, 2.05) is 6.07 Å². The Morgan fingerprint density at radius 1 is 1.17 bits per heavy atom. The maximum Gasteiger partial charge on any atom is 0.0295 e. The second-order valence-electron chi connectivity index (χ2n) is 4.97. The van der Waals surface area contributed by atoms with Crippen LogP contribution in [0.2, 0.25) is 0 Å². The van der Waals surface area contributed by atoms with Crippen molar-refractivity contribution in [2.24, 2.45) is 5.73 Å². The van der Waals surface area contributed by atoms with E-state index >= 15 is 0 Å². The smallest absolute Gasteiger partial charge is 0.0295 e. The second kappa shape index (κ2) is 7.82. The van der Waals surface area contributed by atoms with Crippen LogP contribution < -0.4 is 5.73 Å². The van der Waals surface area contributed by atoms with Crippen LogP contribution in [0.25, 0.3) is 0 Å². The number of nitrogens with two attached hydrogens (primary N) is 1. The van der Waals surface area contributed by atoms with Crippen LogP contribution in [0.1, 0.15) is 30.9 Å². The predicted octanol–water partition coefficient (Wildman–Crippen LogP) is 2.91. The fourth-order valence-electron chi connectivity index (χ4n) is 2.42. The summed E-state index contributed by atoms with van der Waals surface area (Å²) in [6, 6.07) is 10.7. The van der Waals surface area contributed by atoms with Crippen LogP contribution in [-0.4, -0.2) is 36.0 Å². The van der Waals surface area contributed by atoms with Gasteiger partial charge in [-0.25, -0.2) is 0 Å². The highest BCUT2D eigenvalue weighted by Crippen LogP contribution is 2.16.